The highest BCUT2D eigenvalue weighted by Gasteiger charge is 2.21. The van der Waals surface area contributed by atoms with E-state index in [1.54, 1.807) is 13.0 Å². The lowest BCUT2D eigenvalue weighted by Crippen LogP contribution is -2.37. The Balaban J connectivity index is 0.00000200. The smallest absolute Gasteiger partial charge is 0.228 e. The van der Waals surface area contributed by atoms with Crippen LogP contribution < -0.4 is 15.4 Å². The fourth-order valence-electron chi connectivity index (χ4n) is 2.17. The zero-order valence-corrected chi connectivity index (χ0v) is 12.3. The predicted octanol–water partition coefficient (Wildman–Crippen LogP) is 2.58. The topological polar surface area (TPSA) is 50.4 Å². The third-order valence-electron chi connectivity index (χ3n) is 3.17. The Morgan fingerprint density at radius 3 is 2.95 bits per heavy atom. The van der Waals surface area contributed by atoms with E-state index >= 15 is 0 Å². The van der Waals surface area contributed by atoms with E-state index in [2.05, 4.69) is 10.6 Å². The van der Waals surface area contributed by atoms with Crippen LogP contribution in [0.2, 0.25) is 0 Å². The fourth-order valence-corrected chi connectivity index (χ4v) is 2.17. The Bertz CT molecular complexity index is 451. The summed E-state index contributed by atoms with van der Waals surface area (Å²) >= 11 is 0. The molecule has 1 aliphatic rings. The molecule has 2 N–H and O–H groups in total. The molecular formula is C14H20ClFN2O2. The molecule has 1 amide bonds. The van der Waals surface area contributed by atoms with E-state index in [9.17, 15) is 9.18 Å². The number of halogens is 2. The summed E-state index contributed by atoms with van der Waals surface area (Å²) in [6.07, 6.45) is 1.87. The SMILES string of the molecule is CCOc1ccc(NC(=O)[C@@H]2CCCNC2)cc1F.Cl. The van der Waals surface area contributed by atoms with Crippen LogP contribution >= 0.6 is 12.4 Å². The van der Waals surface area contributed by atoms with Crippen molar-refractivity contribution in [3.05, 3.63) is 24.0 Å². The van der Waals surface area contributed by atoms with E-state index in [0.29, 0.717) is 18.8 Å². The lowest BCUT2D eigenvalue weighted by Gasteiger charge is -2.22. The zero-order chi connectivity index (χ0) is 13.7. The van der Waals surface area contributed by atoms with Crippen molar-refractivity contribution in [3.63, 3.8) is 0 Å². The van der Waals surface area contributed by atoms with Gasteiger partial charge in [0.2, 0.25) is 5.91 Å². The van der Waals surface area contributed by atoms with E-state index in [1.807, 2.05) is 0 Å². The number of ether oxygens (including phenoxy) is 1. The van der Waals surface area contributed by atoms with Crippen LogP contribution in [-0.2, 0) is 4.79 Å². The normalized spacial score (nSPS) is 18.0. The Kier molecular flexibility index (Phi) is 6.75. The van der Waals surface area contributed by atoms with Crippen LogP contribution in [0.1, 0.15) is 19.8 Å². The highest BCUT2D eigenvalue weighted by molar-refractivity contribution is 5.92. The summed E-state index contributed by atoms with van der Waals surface area (Å²) in [6.45, 7) is 3.86. The van der Waals surface area contributed by atoms with Crippen molar-refractivity contribution >= 4 is 24.0 Å². The molecule has 112 valence electrons. The standard InChI is InChI=1S/C14H19FN2O2.ClH/c1-2-19-13-6-5-11(8-12(13)15)17-14(18)10-4-3-7-16-9-10;/h5-6,8,10,16H,2-4,7,9H2,1H3,(H,17,18);1H/t10-;/m1./s1. The van der Waals surface area contributed by atoms with Gasteiger partial charge in [0.15, 0.2) is 11.6 Å². The molecule has 1 saturated heterocycles. The van der Waals surface area contributed by atoms with Crippen LogP contribution in [0.3, 0.4) is 0 Å². The number of carbonyl (C=O) groups excluding carboxylic acids is 1. The van der Waals surface area contributed by atoms with Crippen molar-refractivity contribution in [2.75, 3.05) is 25.0 Å². The van der Waals surface area contributed by atoms with Crippen molar-refractivity contribution in [3.8, 4) is 5.75 Å². The van der Waals surface area contributed by atoms with Gasteiger partial charge in [0, 0.05) is 18.3 Å². The summed E-state index contributed by atoms with van der Waals surface area (Å²) in [5.74, 6) is -0.347. The molecule has 6 heteroatoms. The first-order valence-corrected chi connectivity index (χ1v) is 6.64. The zero-order valence-electron chi connectivity index (χ0n) is 11.4. The minimum absolute atomic E-state index is 0. The summed E-state index contributed by atoms with van der Waals surface area (Å²) < 4.78 is 18.8. The molecule has 2 rings (SSSR count). The largest absolute Gasteiger partial charge is 0.491 e. The second kappa shape index (κ2) is 8.07. The van der Waals surface area contributed by atoms with Crippen LogP contribution in [0.4, 0.5) is 10.1 Å². The van der Waals surface area contributed by atoms with Gasteiger partial charge in [0.05, 0.1) is 12.5 Å². The van der Waals surface area contributed by atoms with Gasteiger partial charge in [-0.25, -0.2) is 4.39 Å². The Morgan fingerprint density at radius 1 is 1.55 bits per heavy atom. The van der Waals surface area contributed by atoms with E-state index in [-0.39, 0.29) is 30.0 Å². The first-order valence-electron chi connectivity index (χ1n) is 6.64. The van der Waals surface area contributed by atoms with E-state index in [0.717, 1.165) is 19.4 Å². The molecular weight excluding hydrogens is 283 g/mol. The molecule has 1 aliphatic heterocycles. The second-order valence-electron chi connectivity index (χ2n) is 4.61. The number of nitrogens with one attached hydrogen (secondary N) is 2. The third-order valence-corrected chi connectivity index (χ3v) is 3.17. The lowest BCUT2D eigenvalue weighted by atomic mass is 9.99. The average Bonchev–Trinajstić information content (AvgIpc) is 2.43. The minimum atomic E-state index is -0.457. The second-order valence-corrected chi connectivity index (χ2v) is 4.61. The van der Waals surface area contributed by atoms with Gasteiger partial charge >= 0.3 is 0 Å². The van der Waals surface area contributed by atoms with Crippen molar-refractivity contribution in [1.29, 1.82) is 0 Å². The number of hydrogen-bond donors (Lipinski definition) is 2. The van der Waals surface area contributed by atoms with Crippen molar-refractivity contribution in [2.45, 2.75) is 19.8 Å². The van der Waals surface area contributed by atoms with Gasteiger partial charge in [-0.1, -0.05) is 0 Å². The van der Waals surface area contributed by atoms with Crippen LogP contribution in [-0.4, -0.2) is 25.6 Å². The van der Waals surface area contributed by atoms with Gasteiger partial charge in [-0.2, -0.15) is 0 Å². The monoisotopic (exact) mass is 302 g/mol. The Labute approximate surface area is 124 Å². The molecule has 4 nitrogen and oxygen atoms in total. The highest BCUT2D eigenvalue weighted by atomic mass is 35.5. The number of anilines is 1. The molecule has 0 unspecified atom stereocenters. The average molecular weight is 303 g/mol. The Morgan fingerprint density at radius 2 is 2.35 bits per heavy atom. The fraction of sp³-hybridized carbons (Fsp3) is 0.500. The molecule has 1 heterocycles. The van der Waals surface area contributed by atoms with Gasteiger partial charge in [-0.3, -0.25) is 4.79 Å². The molecule has 1 atom stereocenters. The van der Waals surface area contributed by atoms with Gasteiger partial charge in [-0.15, -0.1) is 12.4 Å². The quantitative estimate of drug-likeness (QED) is 0.899. The van der Waals surface area contributed by atoms with Crippen LogP contribution in [0.15, 0.2) is 18.2 Å². The molecule has 20 heavy (non-hydrogen) atoms. The van der Waals surface area contributed by atoms with E-state index < -0.39 is 5.82 Å². The maximum atomic E-state index is 13.6. The summed E-state index contributed by atoms with van der Waals surface area (Å²) in [7, 11) is 0. The van der Waals surface area contributed by atoms with Crippen LogP contribution in [0, 0.1) is 11.7 Å². The third kappa shape index (κ3) is 4.35. The lowest BCUT2D eigenvalue weighted by molar-refractivity contribution is -0.120. The van der Waals surface area contributed by atoms with Gasteiger partial charge in [0.25, 0.3) is 0 Å². The molecule has 0 spiro atoms. The number of piperidine rings is 1. The minimum Gasteiger partial charge on any atom is -0.491 e. The van der Waals surface area contributed by atoms with Crippen LogP contribution in [0.25, 0.3) is 0 Å². The molecule has 1 aromatic rings. The van der Waals surface area contributed by atoms with Crippen molar-refractivity contribution in [2.24, 2.45) is 5.92 Å². The number of rotatable bonds is 4. The van der Waals surface area contributed by atoms with Gasteiger partial charge in [-0.05, 0) is 38.4 Å². The number of carbonyl (C=O) groups is 1. The summed E-state index contributed by atoms with van der Waals surface area (Å²) in [5.41, 5.74) is 0.469. The van der Waals surface area contributed by atoms with Crippen molar-refractivity contribution in [1.82, 2.24) is 5.32 Å². The maximum absolute atomic E-state index is 13.6. The molecule has 0 saturated carbocycles. The molecule has 0 aromatic heterocycles. The highest BCUT2D eigenvalue weighted by Crippen LogP contribution is 2.22. The van der Waals surface area contributed by atoms with Crippen molar-refractivity contribution < 1.29 is 13.9 Å². The molecule has 0 radical (unpaired) electrons. The number of amides is 1. The van der Waals surface area contributed by atoms with Gasteiger partial charge in [0.1, 0.15) is 0 Å². The molecule has 0 aliphatic carbocycles. The predicted molar refractivity (Wildman–Crippen MR) is 79.0 cm³/mol. The molecule has 1 aromatic carbocycles. The molecule has 0 bridgehead atoms. The Hall–Kier alpha value is -1.33. The maximum Gasteiger partial charge on any atom is 0.228 e. The van der Waals surface area contributed by atoms with Crippen LogP contribution in [0.5, 0.6) is 5.75 Å². The van der Waals surface area contributed by atoms with E-state index in [4.69, 9.17) is 4.74 Å². The number of benzene rings is 1. The number of hydrogen-bond acceptors (Lipinski definition) is 3. The summed E-state index contributed by atoms with van der Waals surface area (Å²) in [5, 5.41) is 5.93. The van der Waals surface area contributed by atoms with Gasteiger partial charge < -0.3 is 15.4 Å². The first-order chi connectivity index (χ1) is 9.20. The summed E-state index contributed by atoms with van der Waals surface area (Å²) in [6, 6.07) is 4.48. The molecule has 1 fully saturated rings. The first kappa shape index (κ1) is 16.7. The van der Waals surface area contributed by atoms with E-state index in [1.165, 1.54) is 12.1 Å². The summed E-state index contributed by atoms with van der Waals surface area (Å²) in [4.78, 5) is 12.0.